The molecule has 0 fully saturated rings. The maximum absolute atomic E-state index is 13.2. The molecule has 0 N–H and O–H groups in total. The van der Waals surface area contributed by atoms with Crippen LogP contribution in [0.2, 0.25) is 0 Å². The highest BCUT2D eigenvalue weighted by Crippen LogP contribution is 2.33. The standard InChI is InChI=1S/C26H28BrN3O5/c1-5-9-18-12-17(13-22(33-7-3)25(18)35-16-24(31)34-8-4)15-28-30-23(6-2)29-21-11-10-19(27)14-20(21)26(30)32/h5,10-15H,1,6-9,16H2,2-4H3. The van der Waals surface area contributed by atoms with E-state index in [0.717, 1.165) is 10.0 Å². The van der Waals surface area contributed by atoms with Crippen molar-refractivity contribution in [1.29, 1.82) is 0 Å². The molecule has 8 nitrogen and oxygen atoms in total. The van der Waals surface area contributed by atoms with E-state index < -0.39 is 5.97 Å². The summed E-state index contributed by atoms with van der Waals surface area (Å²) in [4.78, 5) is 29.6. The van der Waals surface area contributed by atoms with Crippen LogP contribution in [0.5, 0.6) is 11.5 Å². The summed E-state index contributed by atoms with van der Waals surface area (Å²) in [5.41, 5.74) is 1.82. The van der Waals surface area contributed by atoms with Crippen LogP contribution < -0.4 is 15.0 Å². The summed E-state index contributed by atoms with van der Waals surface area (Å²) in [5.74, 6) is 0.987. The number of carbonyl (C=O) groups is 1. The van der Waals surface area contributed by atoms with E-state index >= 15 is 0 Å². The third-order valence-corrected chi connectivity index (χ3v) is 5.47. The molecule has 3 aromatic rings. The van der Waals surface area contributed by atoms with Gasteiger partial charge in [-0.2, -0.15) is 9.78 Å². The Morgan fingerprint density at radius 1 is 1.17 bits per heavy atom. The number of hydrogen-bond donors (Lipinski definition) is 0. The minimum Gasteiger partial charge on any atom is -0.490 e. The van der Waals surface area contributed by atoms with Gasteiger partial charge in [0.25, 0.3) is 5.56 Å². The van der Waals surface area contributed by atoms with Gasteiger partial charge < -0.3 is 14.2 Å². The molecule has 184 valence electrons. The summed E-state index contributed by atoms with van der Waals surface area (Å²) in [6.07, 6.45) is 4.32. The van der Waals surface area contributed by atoms with Gasteiger partial charge >= 0.3 is 5.97 Å². The van der Waals surface area contributed by atoms with Crippen LogP contribution in [0, 0.1) is 0 Å². The van der Waals surface area contributed by atoms with Crippen molar-refractivity contribution in [2.24, 2.45) is 5.10 Å². The minimum atomic E-state index is -0.466. The first-order chi connectivity index (χ1) is 16.9. The number of aromatic nitrogens is 2. The zero-order valence-electron chi connectivity index (χ0n) is 20.0. The van der Waals surface area contributed by atoms with Crippen LogP contribution in [0.1, 0.15) is 37.7 Å². The Kier molecular flexibility index (Phi) is 9.19. The monoisotopic (exact) mass is 541 g/mol. The number of allylic oxidation sites excluding steroid dienone is 1. The molecule has 9 heteroatoms. The molecule has 0 bridgehead atoms. The number of halogens is 1. The highest BCUT2D eigenvalue weighted by atomic mass is 79.9. The zero-order valence-corrected chi connectivity index (χ0v) is 21.6. The second kappa shape index (κ2) is 12.3. The van der Waals surface area contributed by atoms with Gasteiger partial charge in [0, 0.05) is 16.5 Å². The highest BCUT2D eigenvalue weighted by molar-refractivity contribution is 9.10. The third-order valence-electron chi connectivity index (χ3n) is 4.97. The summed E-state index contributed by atoms with van der Waals surface area (Å²) in [6, 6.07) is 9.00. The minimum absolute atomic E-state index is 0.237. The lowest BCUT2D eigenvalue weighted by atomic mass is 10.1. The van der Waals surface area contributed by atoms with Crippen molar-refractivity contribution in [2.75, 3.05) is 19.8 Å². The van der Waals surface area contributed by atoms with Crippen LogP contribution in [-0.2, 0) is 22.4 Å². The Hall–Kier alpha value is -3.46. The molecule has 0 unspecified atom stereocenters. The molecular weight excluding hydrogens is 514 g/mol. The van der Waals surface area contributed by atoms with Gasteiger partial charge in [0.05, 0.1) is 30.3 Å². The van der Waals surface area contributed by atoms with Gasteiger partial charge in [-0.1, -0.05) is 28.9 Å². The molecule has 1 heterocycles. The number of ether oxygens (including phenoxy) is 3. The van der Waals surface area contributed by atoms with Crippen LogP contribution >= 0.6 is 15.9 Å². The molecule has 0 radical (unpaired) electrons. The van der Waals surface area contributed by atoms with Crippen molar-refractivity contribution >= 4 is 39.0 Å². The van der Waals surface area contributed by atoms with Crippen LogP contribution in [0.15, 0.2) is 57.4 Å². The second-order valence-electron chi connectivity index (χ2n) is 7.43. The molecule has 0 aliphatic carbocycles. The average molecular weight is 542 g/mol. The molecule has 0 aliphatic rings. The highest BCUT2D eigenvalue weighted by Gasteiger charge is 2.16. The molecule has 0 aliphatic heterocycles. The topological polar surface area (TPSA) is 92.0 Å². The number of aryl methyl sites for hydroxylation is 1. The average Bonchev–Trinajstić information content (AvgIpc) is 2.83. The SMILES string of the molecule is C=CCc1cc(C=Nn2c(CC)nc3ccc(Br)cc3c2=O)cc(OCC)c1OCC(=O)OCC. The number of nitrogens with zero attached hydrogens (tertiary/aromatic N) is 3. The normalized spacial score (nSPS) is 11.1. The number of rotatable bonds is 11. The van der Waals surface area contributed by atoms with E-state index in [1.165, 1.54) is 4.68 Å². The molecule has 1 aromatic heterocycles. The van der Waals surface area contributed by atoms with Gasteiger partial charge in [0.15, 0.2) is 18.1 Å². The third kappa shape index (κ3) is 6.36. The first-order valence-corrected chi connectivity index (χ1v) is 12.2. The number of benzene rings is 2. The van der Waals surface area contributed by atoms with Gasteiger partial charge in [-0.25, -0.2) is 9.78 Å². The Labute approximate surface area is 212 Å². The van der Waals surface area contributed by atoms with Crippen molar-refractivity contribution < 1.29 is 19.0 Å². The summed E-state index contributed by atoms with van der Waals surface area (Å²) in [6.45, 7) is 9.76. The second-order valence-corrected chi connectivity index (χ2v) is 8.35. The summed E-state index contributed by atoms with van der Waals surface area (Å²) >= 11 is 3.41. The Morgan fingerprint density at radius 2 is 1.97 bits per heavy atom. The van der Waals surface area contributed by atoms with Crippen molar-refractivity contribution in [3.05, 3.63) is 74.8 Å². The Bertz CT molecular complexity index is 1320. The number of hydrogen-bond acceptors (Lipinski definition) is 7. The van der Waals surface area contributed by atoms with E-state index in [4.69, 9.17) is 14.2 Å². The fourth-order valence-electron chi connectivity index (χ4n) is 3.49. The lowest BCUT2D eigenvalue weighted by molar-refractivity contribution is -0.145. The summed E-state index contributed by atoms with van der Waals surface area (Å²) < 4.78 is 18.6. The quantitative estimate of drug-likeness (QED) is 0.199. The van der Waals surface area contributed by atoms with Crippen LogP contribution in [0.25, 0.3) is 10.9 Å². The molecule has 0 spiro atoms. The Morgan fingerprint density at radius 3 is 2.66 bits per heavy atom. The van der Waals surface area contributed by atoms with E-state index in [0.29, 0.717) is 53.2 Å². The van der Waals surface area contributed by atoms with Crippen LogP contribution in [0.4, 0.5) is 0 Å². The largest absolute Gasteiger partial charge is 0.490 e. The predicted octanol–water partition coefficient (Wildman–Crippen LogP) is 4.67. The van der Waals surface area contributed by atoms with E-state index in [1.807, 2.05) is 26.0 Å². The van der Waals surface area contributed by atoms with E-state index in [1.54, 1.807) is 37.4 Å². The van der Waals surface area contributed by atoms with Gasteiger partial charge in [0.1, 0.15) is 5.82 Å². The maximum Gasteiger partial charge on any atom is 0.344 e. The maximum atomic E-state index is 13.2. The number of esters is 1. The fraction of sp³-hybridized carbons (Fsp3) is 0.308. The Balaban J connectivity index is 2.05. The van der Waals surface area contributed by atoms with Gasteiger partial charge in [0.2, 0.25) is 0 Å². The lowest BCUT2D eigenvalue weighted by Gasteiger charge is -2.16. The van der Waals surface area contributed by atoms with Crippen molar-refractivity contribution in [3.8, 4) is 11.5 Å². The van der Waals surface area contributed by atoms with Crippen molar-refractivity contribution in [3.63, 3.8) is 0 Å². The molecule has 0 amide bonds. The molecule has 2 aromatic carbocycles. The van der Waals surface area contributed by atoms with E-state index in [-0.39, 0.29) is 18.8 Å². The molecule has 0 saturated heterocycles. The lowest BCUT2D eigenvalue weighted by Crippen LogP contribution is -2.22. The summed E-state index contributed by atoms with van der Waals surface area (Å²) in [5, 5.41) is 4.93. The molecular formula is C26H28BrN3O5. The van der Waals surface area contributed by atoms with Gasteiger partial charge in [-0.15, -0.1) is 6.58 Å². The van der Waals surface area contributed by atoms with E-state index in [9.17, 15) is 9.59 Å². The molecule has 35 heavy (non-hydrogen) atoms. The number of carbonyl (C=O) groups excluding carboxylic acids is 1. The van der Waals surface area contributed by atoms with Crippen molar-refractivity contribution in [1.82, 2.24) is 9.66 Å². The molecule has 0 saturated carbocycles. The van der Waals surface area contributed by atoms with Gasteiger partial charge in [-0.05, 0) is 56.2 Å². The zero-order chi connectivity index (χ0) is 25.4. The van der Waals surface area contributed by atoms with Crippen LogP contribution in [-0.4, -0.2) is 41.7 Å². The first-order valence-electron chi connectivity index (χ1n) is 11.4. The molecule has 3 rings (SSSR count). The predicted molar refractivity (Wildman–Crippen MR) is 140 cm³/mol. The first kappa shape index (κ1) is 26.2. The van der Waals surface area contributed by atoms with Gasteiger partial charge in [-0.3, -0.25) is 4.79 Å². The fourth-order valence-corrected chi connectivity index (χ4v) is 3.85. The van der Waals surface area contributed by atoms with Crippen LogP contribution in [0.3, 0.4) is 0 Å². The summed E-state index contributed by atoms with van der Waals surface area (Å²) in [7, 11) is 0. The van der Waals surface area contributed by atoms with E-state index in [2.05, 4.69) is 32.6 Å². The number of fused-ring (bicyclic) bond motifs is 1. The molecule has 0 atom stereocenters. The smallest absolute Gasteiger partial charge is 0.344 e. The van der Waals surface area contributed by atoms with Crippen molar-refractivity contribution in [2.45, 2.75) is 33.6 Å².